The number of aryl methyl sites for hydroxylation is 2. The Balaban J connectivity index is 2.02. The number of benzene rings is 3. The third kappa shape index (κ3) is 3.57. The zero-order valence-electron chi connectivity index (χ0n) is 13.6. The van der Waals surface area contributed by atoms with Gasteiger partial charge in [-0.05, 0) is 36.1 Å². The van der Waals surface area contributed by atoms with Crippen molar-refractivity contribution in [3.63, 3.8) is 0 Å². The van der Waals surface area contributed by atoms with E-state index in [1.165, 1.54) is 22.3 Å². The van der Waals surface area contributed by atoms with E-state index in [-0.39, 0.29) is 5.92 Å². The van der Waals surface area contributed by atoms with Gasteiger partial charge in [0, 0.05) is 12.1 Å². The van der Waals surface area contributed by atoms with E-state index < -0.39 is 0 Å². The Kier molecular flexibility index (Phi) is 4.68. The lowest BCUT2D eigenvalue weighted by molar-refractivity contribution is 1.10. The van der Waals surface area contributed by atoms with Gasteiger partial charge in [0.2, 0.25) is 0 Å². The Morgan fingerprint density at radius 2 is 1.13 bits per heavy atom. The van der Waals surface area contributed by atoms with Gasteiger partial charge in [0.1, 0.15) is 0 Å². The zero-order chi connectivity index (χ0) is 16.1. The Labute approximate surface area is 138 Å². The lowest BCUT2D eigenvalue weighted by atomic mass is 9.92. The Morgan fingerprint density at radius 1 is 0.652 bits per heavy atom. The highest BCUT2D eigenvalue weighted by molar-refractivity contribution is 5.77. The first-order chi connectivity index (χ1) is 11.3. The number of aliphatic imine (C=N–C) groups is 1. The first kappa shape index (κ1) is 15.2. The molecule has 0 saturated carbocycles. The van der Waals surface area contributed by atoms with E-state index in [1.54, 1.807) is 0 Å². The Bertz CT molecular complexity index is 729. The Hall–Kier alpha value is -2.67. The standard InChI is InChI=1S/C22H21N/c1-17-10-9-11-18(2)22(17)23-16-21(19-12-5-3-6-13-19)20-14-7-4-8-15-20/h3-16,21H,1-2H3/b23-16+. The van der Waals surface area contributed by atoms with E-state index in [0.29, 0.717) is 0 Å². The summed E-state index contributed by atoms with van der Waals surface area (Å²) in [5.74, 6) is 0.163. The molecule has 0 spiro atoms. The maximum Gasteiger partial charge on any atom is 0.0684 e. The van der Waals surface area contributed by atoms with Gasteiger partial charge in [-0.2, -0.15) is 0 Å². The van der Waals surface area contributed by atoms with E-state index in [9.17, 15) is 0 Å². The molecule has 0 heterocycles. The van der Waals surface area contributed by atoms with Crippen molar-refractivity contribution in [2.45, 2.75) is 19.8 Å². The summed E-state index contributed by atoms with van der Waals surface area (Å²) in [6.07, 6.45) is 2.07. The molecule has 114 valence electrons. The van der Waals surface area contributed by atoms with Crippen LogP contribution in [0.3, 0.4) is 0 Å². The van der Waals surface area contributed by atoms with Crippen LogP contribution >= 0.6 is 0 Å². The van der Waals surface area contributed by atoms with E-state index in [2.05, 4.69) is 86.8 Å². The summed E-state index contributed by atoms with van der Waals surface area (Å²) >= 11 is 0. The van der Waals surface area contributed by atoms with Crippen molar-refractivity contribution in [2.75, 3.05) is 0 Å². The summed E-state index contributed by atoms with van der Waals surface area (Å²) in [5, 5.41) is 0. The number of rotatable bonds is 4. The molecule has 0 aliphatic heterocycles. The molecule has 0 saturated heterocycles. The van der Waals surface area contributed by atoms with Crippen LogP contribution < -0.4 is 0 Å². The molecule has 0 atom stereocenters. The number of para-hydroxylation sites is 1. The summed E-state index contributed by atoms with van der Waals surface area (Å²) in [7, 11) is 0. The summed E-state index contributed by atoms with van der Waals surface area (Å²) in [5.41, 5.74) is 6.01. The molecule has 0 N–H and O–H groups in total. The normalized spacial score (nSPS) is 11.3. The average Bonchev–Trinajstić information content (AvgIpc) is 2.59. The van der Waals surface area contributed by atoms with Gasteiger partial charge in [-0.1, -0.05) is 78.9 Å². The topological polar surface area (TPSA) is 12.4 Å². The van der Waals surface area contributed by atoms with Gasteiger partial charge in [0.05, 0.1) is 5.69 Å². The van der Waals surface area contributed by atoms with Gasteiger partial charge in [-0.3, -0.25) is 4.99 Å². The van der Waals surface area contributed by atoms with Crippen LogP contribution in [0.1, 0.15) is 28.2 Å². The van der Waals surface area contributed by atoms with Crippen LogP contribution in [0.25, 0.3) is 0 Å². The molecule has 0 aliphatic rings. The fourth-order valence-corrected chi connectivity index (χ4v) is 2.84. The molecule has 3 rings (SSSR count). The molecular weight excluding hydrogens is 278 g/mol. The molecule has 0 radical (unpaired) electrons. The first-order valence-electron chi connectivity index (χ1n) is 7.96. The predicted molar refractivity (Wildman–Crippen MR) is 98.8 cm³/mol. The summed E-state index contributed by atoms with van der Waals surface area (Å²) < 4.78 is 0. The molecule has 0 aromatic heterocycles. The van der Waals surface area contributed by atoms with Crippen molar-refractivity contribution < 1.29 is 0 Å². The third-order valence-corrected chi connectivity index (χ3v) is 4.11. The van der Waals surface area contributed by atoms with Crippen LogP contribution in [-0.4, -0.2) is 6.21 Å². The molecule has 0 bridgehead atoms. The monoisotopic (exact) mass is 299 g/mol. The second kappa shape index (κ2) is 7.06. The molecule has 1 nitrogen and oxygen atoms in total. The smallest absolute Gasteiger partial charge is 0.0684 e. The van der Waals surface area contributed by atoms with Gasteiger partial charge in [-0.15, -0.1) is 0 Å². The summed E-state index contributed by atoms with van der Waals surface area (Å²) in [4.78, 5) is 4.83. The van der Waals surface area contributed by atoms with E-state index in [4.69, 9.17) is 4.99 Å². The van der Waals surface area contributed by atoms with Gasteiger partial charge < -0.3 is 0 Å². The van der Waals surface area contributed by atoms with Crippen LogP contribution in [0.15, 0.2) is 83.9 Å². The largest absolute Gasteiger partial charge is 0.260 e. The van der Waals surface area contributed by atoms with Crippen molar-refractivity contribution in [3.05, 3.63) is 101 Å². The number of hydrogen-bond donors (Lipinski definition) is 0. The second-order valence-corrected chi connectivity index (χ2v) is 5.82. The van der Waals surface area contributed by atoms with Crippen molar-refractivity contribution in [1.29, 1.82) is 0 Å². The number of nitrogens with zero attached hydrogens (tertiary/aromatic N) is 1. The quantitative estimate of drug-likeness (QED) is 0.537. The molecule has 0 unspecified atom stereocenters. The molecule has 3 aromatic carbocycles. The predicted octanol–water partition coefficient (Wildman–Crippen LogP) is 5.84. The molecule has 23 heavy (non-hydrogen) atoms. The van der Waals surface area contributed by atoms with Gasteiger partial charge in [0.15, 0.2) is 0 Å². The molecule has 0 aliphatic carbocycles. The van der Waals surface area contributed by atoms with Crippen molar-refractivity contribution in [3.8, 4) is 0 Å². The number of hydrogen-bond acceptors (Lipinski definition) is 1. The van der Waals surface area contributed by atoms with Gasteiger partial charge in [0.25, 0.3) is 0 Å². The highest BCUT2D eigenvalue weighted by Gasteiger charge is 2.11. The van der Waals surface area contributed by atoms with E-state index in [0.717, 1.165) is 5.69 Å². The summed E-state index contributed by atoms with van der Waals surface area (Å²) in [6.45, 7) is 4.22. The molecular formula is C22H21N. The van der Waals surface area contributed by atoms with Crippen LogP contribution in [0, 0.1) is 13.8 Å². The van der Waals surface area contributed by atoms with Crippen LogP contribution in [0.2, 0.25) is 0 Å². The van der Waals surface area contributed by atoms with Crippen molar-refractivity contribution in [1.82, 2.24) is 0 Å². The highest BCUT2D eigenvalue weighted by Crippen LogP contribution is 2.27. The van der Waals surface area contributed by atoms with E-state index in [1.807, 2.05) is 12.1 Å². The fourth-order valence-electron chi connectivity index (χ4n) is 2.84. The highest BCUT2D eigenvalue weighted by atomic mass is 14.7. The lowest BCUT2D eigenvalue weighted by Gasteiger charge is -2.14. The first-order valence-corrected chi connectivity index (χ1v) is 7.96. The van der Waals surface area contributed by atoms with Crippen molar-refractivity contribution >= 4 is 11.9 Å². The van der Waals surface area contributed by atoms with Crippen LogP contribution in [0.5, 0.6) is 0 Å². The van der Waals surface area contributed by atoms with E-state index >= 15 is 0 Å². The summed E-state index contributed by atoms with van der Waals surface area (Å²) in [6, 6.07) is 27.4. The maximum absolute atomic E-state index is 4.83. The minimum absolute atomic E-state index is 0.163. The molecule has 0 amide bonds. The van der Waals surface area contributed by atoms with Crippen LogP contribution in [-0.2, 0) is 0 Å². The lowest BCUT2D eigenvalue weighted by Crippen LogP contribution is -2.02. The van der Waals surface area contributed by atoms with Crippen LogP contribution in [0.4, 0.5) is 5.69 Å². The van der Waals surface area contributed by atoms with Gasteiger partial charge >= 0.3 is 0 Å². The molecule has 3 aromatic rings. The Morgan fingerprint density at radius 3 is 1.61 bits per heavy atom. The maximum atomic E-state index is 4.83. The molecule has 1 heteroatoms. The molecule has 0 fully saturated rings. The minimum atomic E-state index is 0.163. The second-order valence-electron chi connectivity index (χ2n) is 5.82. The zero-order valence-corrected chi connectivity index (χ0v) is 13.6. The average molecular weight is 299 g/mol. The fraction of sp³-hybridized carbons (Fsp3) is 0.136. The third-order valence-electron chi connectivity index (χ3n) is 4.11. The van der Waals surface area contributed by atoms with Gasteiger partial charge in [-0.25, -0.2) is 0 Å². The van der Waals surface area contributed by atoms with Crippen molar-refractivity contribution in [2.24, 2.45) is 4.99 Å². The SMILES string of the molecule is Cc1cccc(C)c1/N=C/C(c1ccccc1)c1ccccc1. The minimum Gasteiger partial charge on any atom is -0.260 e.